The van der Waals surface area contributed by atoms with Gasteiger partial charge in [0.05, 0.1) is 12.0 Å². The third kappa shape index (κ3) is 5.82. The first-order valence-electron chi connectivity index (χ1n) is 3.42. The molecule has 0 saturated carbocycles. The molecule has 1 atom stereocenters. The summed E-state index contributed by atoms with van der Waals surface area (Å²) in [6.07, 6.45) is -0.217. The van der Waals surface area contributed by atoms with Crippen LogP contribution in [0.2, 0.25) is 0 Å². The van der Waals surface area contributed by atoms with Crippen LogP contribution in [0.5, 0.6) is 0 Å². The van der Waals surface area contributed by atoms with Crippen LogP contribution in [0.25, 0.3) is 0 Å². The van der Waals surface area contributed by atoms with Crippen molar-refractivity contribution in [2.75, 3.05) is 20.6 Å². The molecule has 11 heavy (non-hydrogen) atoms. The van der Waals surface area contributed by atoms with Gasteiger partial charge in [0.25, 0.3) is 0 Å². The molecule has 4 heteroatoms. The summed E-state index contributed by atoms with van der Waals surface area (Å²) in [5.74, 6) is -0.975. The Morgan fingerprint density at radius 2 is 2.00 bits per heavy atom. The lowest BCUT2D eigenvalue weighted by Gasteiger charge is -2.24. The Morgan fingerprint density at radius 3 is 2.27 bits per heavy atom. The van der Waals surface area contributed by atoms with Gasteiger partial charge in [-0.15, -0.1) is 0 Å². The Bertz CT molecular complexity index is 143. The van der Waals surface area contributed by atoms with E-state index in [1.807, 2.05) is 0 Å². The molecule has 0 spiro atoms. The number of rotatable bonds is 4. The van der Waals surface area contributed by atoms with Gasteiger partial charge in [-0.3, -0.25) is 4.79 Å². The fraction of sp³-hybridized carbons (Fsp3) is 0.857. The van der Waals surface area contributed by atoms with Crippen molar-refractivity contribution in [2.24, 2.45) is 0 Å². The molecule has 0 amide bonds. The van der Waals surface area contributed by atoms with Gasteiger partial charge >= 0.3 is 5.97 Å². The van der Waals surface area contributed by atoms with E-state index in [0.29, 0.717) is 6.54 Å². The highest BCUT2D eigenvalue weighted by Gasteiger charge is 2.24. The van der Waals surface area contributed by atoms with E-state index in [4.69, 9.17) is 5.11 Å². The smallest absolute Gasteiger partial charge is 0.306 e. The summed E-state index contributed by atoms with van der Waals surface area (Å²) in [7, 11) is 3.58. The van der Waals surface area contributed by atoms with Gasteiger partial charge in [0.15, 0.2) is 0 Å². The van der Waals surface area contributed by atoms with Gasteiger partial charge in [0, 0.05) is 6.54 Å². The molecule has 0 fully saturated rings. The second-order valence-electron chi connectivity index (χ2n) is 3.31. The van der Waals surface area contributed by atoms with Crippen molar-refractivity contribution in [3.63, 3.8) is 0 Å². The van der Waals surface area contributed by atoms with Crippen LogP contribution in [-0.2, 0) is 4.79 Å². The normalized spacial score (nSPS) is 16.5. The molecule has 0 saturated heterocycles. The molecule has 0 aromatic rings. The molecule has 0 aliphatic carbocycles. The van der Waals surface area contributed by atoms with Gasteiger partial charge in [0.2, 0.25) is 0 Å². The molecule has 0 radical (unpaired) electrons. The van der Waals surface area contributed by atoms with Crippen molar-refractivity contribution < 1.29 is 15.0 Å². The number of carboxylic acids is 1. The summed E-state index contributed by atoms with van der Waals surface area (Å²) in [6, 6.07) is 0. The molecule has 0 aliphatic rings. The zero-order valence-electron chi connectivity index (χ0n) is 7.16. The van der Waals surface area contributed by atoms with Gasteiger partial charge in [0.1, 0.15) is 0 Å². The van der Waals surface area contributed by atoms with Crippen molar-refractivity contribution in [2.45, 2.75) is 18.9 Å². The summed E-state index contributed by atoms with van der Waals surface area (Å²) < 4.78 is 0. The molecule has 0 aromatic carbocycles. The van der Waals surface area contributed by atoms with Crippen LogP contribution in [0.3, 0.4) is 0 Å². The first kappa shape index (κ1) is 10.4. The van der Waals surface area contributed by atoms with Crippen molar-refractivity contribution >= 4 is 5.97 Å². The van der Waals surface area contributed by atoms with Crippen LogP contribution in [-0.4, -0.2) is 47.3 Å². The minimum atomic E-state index is -1.13. The predicted octanol–water partition coefficient (Wildman–Crippen LogP) is -0.226. The lowest BCUT2D eigenvalue weighted by molar-refractivity contribution is -0.142. The largest absolute Gasteiger partial charge is 0.481 e. The number of carboxylic acid groups (broad SMARTS) is 1. The fourth-order valence-corrected chi connectivity index (χ4v) is 1.06. The van der Waals surface area contributed by atoms with E-state index in [1.165, 1.54) is 6.92 Å². The van der Waals surface area contributed by atoms with Crippen molar-refractivity contribution in [1.29, 1.82) is 0 Å². The Morgan fingerprint density at radius 1 is 1.55 bits per heavy atom. The van der Waals surface area contributed by atoms with E-state index < -0.39 is 11.6 Å². The standard InChI is InChI=1S/C7H15NO3/c1-7(11,4-6(9)10)5-8(2)3/h11H,4-5H2,1-3H3,(H,9,10). The second kappa shape index (κ2) is 3.69. The molecule has 4 nitrogen and oxygen atoms in total. The SMILES string of the molecule is CN(C)CC(C)(O)CC(=O)O. The van der Waals surface area contributed by atoms with Crippen LogP contribution in [0, 0.1) is 0 Å². The van der Waals surface area contributed by atoms with Crippen molar-refractivity contribution in [1.82, 2.24) is 4.90 Å². The number of carbonyl (C=O) groups is 1. The predicted molar refractivity (Wildman–Crippen MR) is 41.4 cm³/mol. The zero-order chi connectivity index (χ0) is 9.07. The maximum atomic E-state index is 10.2. The van der Waals surface area contributed by atoms with E-state index in [9.17, 15) is 9.90 Å². The van der Waals surface area contributed by atoms with Gasteiger partial charge in [-0.25, -0.2) is 0 Å². The van der Waals surface area contributed by atoms with Crippen LogP contribution >= 0.6 is 0 Å². The number of hydrogen-bond acceptors (Lipinski definition) is 3. The summed E-state index contributed by atoms with van der Waals surface area (Å²) in [4.78, 5) is 12.0. The third-order valence-corrected chi connectivity index (χ3v) is 1.19. The highest BCUT2D eigenvalue weighted by Crippen LogP contribution is 2.09. The summed E-state index contributed by atoms with van der Waals surface area (Å²) >= 11 is 0. The molecule has 0 aliphatic heterocycles. The lowest BCUT2D eigenvalue weighted by Crippen LogP contribution is -2.39. The average molecular weight is 161 g/mol. The Kier molecular flexibility index (Phi) is 3.48. The van der Waals surface area contributed by atoms with Crippen LogP contribution < -0.4 is 0 Å². The molecule has 0 bridgehead atoms. The van der Waals surface area contributed by atoms with Gasteiger partial charge < -0.3 is 15.1 Å². The lowest BCUT2D eigenvalue weighted by atomic mass is 10.0. The molecule has 0 rings (SSSR count). The molecule has 1 unspecified atom stereocenters. The zero-order valence-corrected chi connectivity index (χ0v) is 7.16. The minimum Gasteiger partial charge on any atom is -0.481 e. The molecule has 0 heterocycles. The van der Waals surface area contributed by atoms with Crippen LogP contribution in [0.1, 0.15) is 13.3 Å². The monoisotopic (exact) mass is 161 g/mol. The number of nitrogens with zero attached hydrogens (tertiary/aromatic N) is 1. The number of aliphatic carboxylic acids is 1. The fourth-order valence-electron chi connectivity index (χ4n) is 1.06. The van der Waals surface area contributed by atoms with Crippen molar-refractivity contribution in [3.8, 4) is 0 Å². The van der Waals surface area contributed by atoms with E-state index in [-0.39, 0.29) is 6.42 Å². The molecule has 66 valence electrons. The topological polar surface area (TPSA) is 60.8 Å². The van der Waals surface area contributed by atoms with E-state index in [1.54, 1.807) is 19.0 Å². The quantitative estimate of drug-likeness (QED) is 0.598. The molecule has 2 N–H and O–H groups in total. The van der Waals surface area contributed by atoms with Gasteiger partial charge in [-0.1, -0.05) is 0 Å². The van der Waals surface area contributed by atoms with Gasteiger partial charge in [-0.05, 0) is 21.0 Å². The molecular formula is C7H15NO3. The number of likely N-dealkylation sites (N-methyl/N-ethyl adjacent to an activating group) is 1. The Balaban J connectivity index is 3.89. The van der Waals surface area contributed by atoms with E-state index in [2.05, 4.69) is 0 Å². The average Bonchev–Trinajstić information content (AvgIpc) is 1.53. The first-order chi connectivity index (χ1) is 4.83. The van der Waals surface area contributed by atoms with Crippen LogP contribution in [0.4, 0.5) is 0 Å². The maximum Gasteiger partial charge on any atom is 0.306 e. The maximum absolute atomic E-state index is 10.2. The van der Waals surface area contributed by atoms with E-state index >= 15 is 0 Å². The molecular weight excluding hydrogens is 146 g/mol. The number of hydrogen-bond donors (Lipinski definition) is 2. The first-order valence-corrected chi connectivity index (χ1v) is 3.42. The van der Waals surface area contributed by atoms with Crippen LogP contribution in [0.15, 0.2) is 0 Å². The molecule has 0 aromatic heterocycles. The summed E-state index contributed by atoms with van der Waals surface area (Å²) in [5.41, 5.74) is -1.13. The van der Waals surface area contributed by atoms with Gasteiger partial charge in [-0.2, -0.15) is 0 Å². The summed E-state index contributed by atoms with van der Waals surface area (Å²) in [6.45, 7) is 1.88. The third-order valence-electron chi connectivity index (χ3n) is 1.19. The Labute approximate surface area is 66.4 Å². The minimum absolute atomic E-state index is 0.217. The Hall–Kier alpha value is -0.610. The highest BCUT2D eigenvalue weighted by atomic mass is 16.4. The number of aliphatic hydroxyl groups is 1. The van der Waals surface area contributed by atoms with Crippen molar-refractivity contribution in [3.05, 3.63) is 0 Å². The highest BCUT2D eigenvalue weighted by molar-refractivity contribution is 5.68. The summed E-state index contributed by atoms with van der Waals surface area (Å²) in [5, 5.41) is 17.8. The van der Waals surface area contributed by atoms with E-state index in [0.717, 1.165) is 0 Å². The second-order valence-corrected chi connectivity index (χ2v) is 3.31.